The zero-order valence-corrected chi connectivity index (χ0v) is 12.9. The van der Waals surface area contributed by atoms with Crippen LogP contribution in [0.1, 0.15) is 40.0 Å². The zero-order chi connectivity index (χ0) is 15.4. The maximum atomic E-state index is 11.6. The van der Waals surface area contributed by atoms with Crippen molar-refractivity contribution in [3.63, 3.8) is 0 Å². The maximum absolute atomic E-state index is 11.6. The van der Waals surface area contributed by atoms with Crippen LogP contribution in [-0.2, 0) is 9.59 Å². The van der Waals surface area contributed by atoms with E-state index in [4.69, 9.17) is 5.11 Å². The molecule has 7 heteroatoms. The van der Waals surface area contributed by atoms with Gasteiger partial charge in [-0.15, -0.1) is 0 Å². The first-order chi connectivity index (χ1) is 9.15. The number of urea groups is 1. The van der Waals surface area contributed by atoms with Gasteiger partial charge in [0.2, 0.25) is 5.91 Å². The number of imide groups is 1. The van der Waals surface area contributed by atoms with E-state index in [0.29, 0.717) is 6.54 Å². The summed E-state index contributed by atoms with van der Waals surface area (Å²) in [5, 5.41) is 13.8. The number of hydrogen-bond donors (Lipinski definition) is 3. The van der Waals surface area contributed by atoms with Crippen LogP contribution in [0.4, 0.5) is 4.79 Å². The first-order valence-corrected chi connectivity index (χ1v) is 7.58. The summed E-state index contributed by atoms with van der Waals surface area (Å²) in [5.74, 6) is -0.562. The molecule has 1 atom stereocenters. The van der Waals surface area contributed by atoms with E-state index in [2.05, 4.69) is 17.6 Å². The van der Waals surface area contributed by atoms with Gasteiger partial charge in [-0.25, -0.2) is 4.79 Å². The normalized spacial score (nSPS) is 22.4. The number of nitrogens with one attached hydrogen (secondary N) is 2. The largest absolute Gasteiger partial charge is 0.481 e. The van der Waals surface area contributed by atoms with E-state index in [-0.39, 0.29) is 11.2 Å². The summed E-state index contributed by atoms with van der Waals surface area (Å²) < 4.78 is 0.0285. The number of thioether (sulfide) groups is 1. The van der Waals surface area contributed by atoms with Crippen molar-refractivity contribution >= 4 is 29.7 Å². The Bertz CT molecular complexity index is 403. The van der Waals surface area contributed by atoms with Crippen molar-refractivity contribution in [1.82, 2.24) is 10.6 Å². The molecule has 0 bridgehead atoms. The van der Waals surface area contributed by atoms with Crippen LogP contribution in [-0.4, -0.2) is 40.1 Å². The summed E-state index contributed by atoms with van der Waals surface area (Å²) in [5.41, 5.74) is -1.18. The van der Waals surface area contributed by atoms with Crippen LogP contribution >= 0.6 is 11.8 Å². The first kappa shape index (κ1) is 16.8. The van der Waals surface area contributed by atoms with Crippen LogP contribution in [0.25, 0.3) is 0 Å². The number of carbonyl (C=O) groups is 3. The molecule has 1 aliphatic rings. The van der Waals surface area contributed by atoms with Gasteiger partial charge in [0, 0.05) is 17.7 Å². The van der Waals surface area contributed by atoms with Gasteiger partial charge >= 0.3 is 12.0 Å². The highest BCUT2D eigenvalue weighted by Gasteiger charge is 2.32. The SMILES string of the molecule is CC1(CNC(=O)NC(=O)CC(C)(C)C(=O)O)CCCS1. The molecule has 0 aromatic rings. The average molecular weight is 302 g/mol. The third kappa shape index (κ3) is 5.03. The standard InChI is InChI=1S/C13H22N2O4S/c1-12(2,10(17)18)7-9(16)15-11(19)14-8-13(3)5-4-6-20-13/h4-8H2,1-3H3,(H,17,18)(H2,14,15,16,19). The molecule has 1 saturated heterocycles. The lowest BCUT2D eigenvalue weighted by atomic mass is 9.89. The van der Waals surface area contributed by atoms with Crippen LogP contribution in [0.15, 0.2) is 0 Å². The molecule has 1 fully saturated rings. The lowest BCUT2D eigenvalue weighted by molar-refractivity contribution is -0.149. The molecule has 1 unspecified atom stereocenters. The minimum Gasteiger partial charge on any atom is -0.481 e. The molecule has 1 aliphatic heterocycles. The molecule has 0 aromatic carbocycles. The monoisotopic (exact) mass is 302 g/mol. The van der Waals surface area contributed by atoms with E-state index in [9.17, 15) is 14.4 Å². The molecule has 6 nitrogen and oxygen atoms in total. The van der Waals surface area contributed by atoms with Crippen molar-refractivity contribution < 1.29 is 19.5 Å². The fourth-order valence-corrected chi connectivity index (χ4v) is 3.18. The molecule has 0 saturated carbocycles. The highest BCUT2D eigenvalue weighted by atomic mass is 32.2. The van der Waals surface area contributed by atoms with Crippen LogP contribution in [0.5, 0.6) is 0 Å². The van der Waals surface area contributed by atoms with Crippen molar-refractivity contribution in [1.29, 1.82) is 0 Å². The van der Waals surface area contributed by atoms with E-state index < -0.39 is 23.3 Å². The smallest absolute Gasteiger partial charge is 0.321 e. The fraction of sp³-hybridized carbons (Fsp3) is 0.769. The summed E-state index contributed by atoms with van der Waals surface area (Å²) in [6.07, 6.45) is 1.94. The van der Waals surface area contributed by atoms with E-state index in [0.717, 1.165) is 18.6 Å². The van der Waals surface area contributed by atoms with Crippen molar-refractivity contribution in [2.45, 2.75) is 44.8 Å². The van der Waals surface area contributed by atoms with Crippen molar-refractivity contribution in [3.05, 3.63) is 0 Å². The second kappa shape index (κ2) is 6.47. The third-order valence-corrected chi connectivity index (χ3v) is 4.90. The molecule has 3 amide bonds. The molecular weight excluding hydrogens is 280 g/mol. The molecule has 1 heterocycles. The van der Waals surface area contributed by atoms with Gasteiger partial charge in [-0.3, -0.25) is 14.9 Å². The van der Waals surface area contributed by atoms with Gasteiger partial charge in [-0.2, -0.15) is 11.8 Å². The van der Waals surface area contributed by atoms with Gasteiger partial charge < -0.3 is 10.4 Å². The Kier molecular flexibility index (Phi) is 5.44. The van der Waals surface area contributed by atoms with E-state index in [1.807, 2.05) is 11.8 Å². The lowest BCUT2D eigenvalue weighted by Crippen LogP contribution is -2.45. The summed E-state index contributed by atoms with van der Waals surface area (Å²) >= 11 is 1.81. The molecule has 0 aromatic heterocycles. The Morgan fingerprint density at radius 1 is 1.35 bits per heavy atom. The molecule has 1 rings (SSSR count). The van der Waals surface area contributed by atoms with Gasteiger partial charge in [0.05, 0.1) is 5.41 Å². The molecule has 0 aliphatic carbocycles. The molecule has 20 heavy (non-hydrogen) atoms. The first-order valence-electron chi connectivity index (χ1n) is 6.60. The molecule has 3 N–H and O–H groups in total. The van der Waals surface area contributed by atoms with E-state index >= 15 is 0 Å². The maximum Gasteiger partial charge on any atom is 0.321 e. The van der Waals surface area contributed by atoms with Crippen LogP contribution < -0.4 is 10.6 Å². The summed E-state index contributed by atoms with van der Waals surface area (Å²) in [6.45, 7) is 5.48. The van der Waals surface area contributed by atoms with Crippen molar-refractivity contribution in [2.24, 2.45) is 5.41 Å². The highest BCUT2D eigenvalue weighted by molar-refractivity contribution is 8.00. The number of amides is 3. The van der Waals surface area contributed by atoms with Gasteiger partial charge in [0.25, 0.3) is 0 Å². The highest BCUT2D eigenvalue weighted by Crippen LogP contribution is 2.36. The molecule has 0 radical (unpaired) electrons. The van der Waals surface area contributed by atoms with Crippen LogP contribution in [0, 0.1) is 5.41 Å². The second-order valence-corrected chi connectivity index (χ2v) is 7.68. The third-order valence-electron chi connectivity index (χ3n) is 3.36. The summed E-state index contributed by atoms with van der Waals surface area (Å²) in [7, 11) is 0. The number of carbonyl (C=O) groups excluding carboxylic acids is 2. The zero-order valence-electron chi connectivity index (χ0n) is 12.1. The van der Waals surface area contributed by atoms with Gasteiger partial charge in [0.1, 0.15) is 0 Å². The predicted molar refractivity (Wildman–Crippen MR) is 77.7 cm³/mol. The number of hydrogen-bond acceptors (Lipinski definition) is 4. The topological polar surface area (TPSA) is 95.5 Å². The Hall–Kier alpha value is -1.24. The molecular formula is C13H22N2O4S. The number of rotatable bonds is 5. The van der Waals surface area contributed by atoms with Gasteiger partial charge in [-0.1, -0.05) is 0 Å². The Balaban J connectivity index is 2.35. The number of aliphatic carboxylic acids is 1. The predicted octanol–water partition coefficient (Wildman–Crippen LogP) is 1.60. The lowest BCUT2D eigenvalue weighted by Gasteiger charge is -2.23. The molecule has 0 spiro atoms. The Labute approximate surface area is 123 Å². The van der Waals surface area contributed by atoms with Crippen LogP contribution in [0.2, 0.25) is 0 Å². The minimum atomic E-state index is -1.18. The van der Waals surface area contributed by atoms with Crippen LogP contribution in [0.3, 0.4) is 0 Å². The Morgan fingerprint density at radius 3 is 2.50 bits per heavy atom. The van der Waals surface area contributed by atoms with Crippen molar-refractivity contribution in [2.75, 3.05) is 12.3 Å². The van der Waals surface area contributed by atoms with E-state index in [1.165, 1.54) is 13.8 Å². The van der Waals surface area contributed by atoms with Gasteiger partial charge in [0.15, 0.2) is 0 Å². The average Bonchev–Trinajstić information content (AvgIpc) is 2.73. The second-order valence-electron chi connectivity index (χ2n) is 6.00. The Morgan fingerprint density at radius 2 is 2.00 bits per heavy atom. The van der Waals surface area contributed by atoms with Gasteiger partial charge in [-0.05, 0) is 39.4 Å². The molecule has 114 valence electrons. The number of carboxylic acid groups (broad SMARTS) is 1. The summed E-state index contributed by atoms with van der Waals surface area (Å²) in [6, 6.07) is -0.565. The fourth-order valence-electron chi connectivity index (χ4n) is 1.94. The van der Waals surface area contributed by atoms with E-state index in [1.54, 1.807) is 0 Å². The van der Waals surface area contributed by atoms with Crippen molar-refractivity contribution in [3.8, 4) is 0 Å². The summed E-state index contributed by atoms with van der Waals surface area (Å²) in [4.78, 5) is 34.1. The quantitative estimate of drug-likeness (QED) is 0.717. The number of carboxylic acids is 1. The minimum absolute atomic E-state index is 0.0285.